The summed E-state index contributed by atoms with van der Waals surface area (Å²) in [7, 11) is 0. The number of halogens is 2. The van der Waals surface area contributed by atoms with Crippen LogP contribution >= 0.6 is 22.9 Å². The number of nitrogens with two attached hydrogens (primary N) is 1. The Labute approximate surface area is 178 Å². The number of aryl methyl sites for hydroxylation is 1. The van der Waals surface area contributed by atoms with Crippen molar-refractivity contribution in [3.63, 3.8) is 0 Å². The molecule has 30 heavy (non-hydrogen) atoms. The van der Waals surface area contributed by atoms with Gasteiger partial charge in [0.05, 0.1) is 16.9 Å². The fourth-order valence-corrected chi connectivity index (χ4v) is 4.08. The van der Waals surface area contributed by atoms with E-state index in [2.05, 4.69) is 20.4 Å². The second-order valence-corrected chi connectivity index (χ2v) is 7.85. The Morgan fingerprint density at radius 3 is 2.90 bits per heavy atom. The third-order valence-corrected chi connectivity index (χ3v) is 5.76. The molecule has 1 aromatic carbocycles. The van der Waals surface area contributed by atoms with Gasteiger partial charge < -0.3 is 5.73 Å². The quantitative estimate of drug-likeness (QED) is 0.490. The molecule has 3 N–H and O–H groups in total. The molecule has 0 bridgehead atoms. The van der Waals surface area contributed by atoms with Crippen LogP contribution in [0.3, 0.4) is 0 Å². The topological polar surface area (TPSA) is 115 Å². The number of benzene rings is 1. The molecular weight excluding hydrogens is 431 g/mol. The molecule has 4 aromatic rings. The van der Waals surface area contributed by atoms with Gasteiger partial charge in [-0.15, -0.1) is 11.3 Å². The fourth-order valence-electron chi connectivity index (χ4n) is 2.90. The normalized spacial score (nSPS) is 11.0. The molecule has 0 radical (unpaired) electrons. The molecule has 152 valence electrons. The van der Waals surface area contributed by atoms with E-state index in [9.17, 15) is 14.0 Å². The molecule has 4 rings (SSSR count). The Kier molecular flexibility index (Phi) is 5.18. The molecule has 0 aliphatic rings. The lowest BCUT2D eigenvalue weighted by Crippen LogP contribution is -2.17. The zero-order valence-electron chi connectivity index (χ0n) is 15.5. The first-order chi connectivity index (χ1) is 14.3. The molecule has 0 aliphatic heterocycles. The van der Waals surface area contributed by atoms with E-state index in [4.69, 9.17) is 17.3 Å². The van der Waals surface area contributed by atoms with Gasteiger partial charge in [-0.1, -0.05) is 23.7 Å². The van der Waals surface area contributed by atoms with Gasteiger partial charge in [0, 0.05) is 17.5 Å². The summed E-state index contributed by atoms with van der Waals surface area (Å²) in [5.41, 5.74) is 6.86. The molecule has 3 aromatic heterocycles. The number of fused-ring (bicyclic) bond motifs is 1. The van der Waals surface area contributed by atoms with Crippen molar-refractivity contribution in [2.75, 3.05) is 5.32 Å². The van der Waals surface area contributed by atoms with Crippen LogP contribution in [-0.2, 0) is 6.42 Å². The van der Waals surface area contributed by atoms with Gasteiger partial charge in [0.2, 0.25) is 0 Å². The van der Waals surface area contributed by atoms with Crippen LogP contribution in [0, 0.1) is 12.7 Å². The first-order valence-electron chi connectivity index (χ1n) is 8.68. The Balaban J connectivity index is 1.59. The van der Waals surface area contributed by atoms with Crippen molar-refractivity contribution in [2.24, 2.45) is 5.73 Å². The van der Waals surface area contributed by atoms with E-state index in [1.165, 1.54) is 40.4 Å². The largest absolute Gasteiger partial charge is 0.365 e. The highest BCUT2D eigenvalue weighted by atomic mass is 35.5. The summed E-state index contributed by atoms with van der Waals surface area (Å²) in [5, 5.41) is 7.13. The second kappa shape index (κ2) is 7.81. The Morgan fingerprint density at radius 2 is 2.13 bits per heavy atom. The summed E-state index contributed by atoms with van der Waals surface area (Å²) in [5.74, 6) is -1.65. The van der Waals surface area contributed by atoms with Crippen molar-refractivity contribution in [3.8, 4) is 0 Å². The maximum absolute atomic E-state index is 14.2. The van der Waals surface area contributed by atoms with E-state index < -0.39 is 17.6 Å². The van der Waals surface area contributed by atoms with Crippen LogP contribution in [0.5, 0.6) is 0 Å². The minimum absolute atomic E-state index is 0.0550. The maximum Gasteiger partial charge on any atom is 0.276 e. The highest BCUT2D eigenvalue weighted by Crippen LogP contribution is 2.28. The van der Waals surface area contributed by atoms with E-state index in [1.54, 1.807) is 19.1 Å². The number of amides is 2. The van der Waals surface area contributed by atoms with Gasteiger partial charge in [-0.25, -0.2) is 18.9 Å². The molecular formula is C19H14ClFN6O2S. The third kappa shape index (κ3) is 3.62. The first-order valence-corrected chi connectivity index (χ1v) is 9.87. The van der Waals surface area contributed by atoms with Crippen molar-refractivity contribution in [1.82, 2.24) is 19.6 Å². The summed E-state index contributed by atoms with van der Waals surface area (Å²) in [6.45, 7) is 1.78. The van der Waals surface area contributed by atoms with Gasteiger partial charge in [0.15, 0.2) is 10.8 Å². The number of primary amides is 1. The molecule has 2 amide bonds. The van der Waals surface area contributed by atoms with Gasteiger partial charge in [-0.3, -0.25) is 14.9 Å². The number of aromatic nitrogens is 4. The third-order valence-electron chi connectivity index (χ3n) is 4.40. The number of nitrogens with one attached hydrogen (secondary N) is 1. The van der Waals surface area contributed by atoms with Crippen LogP contribution in [0.1, 0.15) is 37.0 Å². The van der Waals surface area contributed by atoms with Crippen molar-refractivity contribution >= 4 is 45.5 Å². The monoisotopic (exact) mass is 444 g/mol. The summed E-state index contributed by atoms with van der Waals surface area (Å²) in [6.07, 6.45) is 2.94. The van der Waals surface area contributed by atoms with Gasteiger partial charge in [0.25, 0.3) is 11.8 Å². The smallest absolute Gasteiger partial charge is 0.276 e. The molecule has 0 atom stereocenters. The van der Waals surface area contributed by atoms with E-state index >= 15 is 0 Å². The zero-order valence-corrected chi connectivity index (χ0v) is 17.1. The summed E-state index contributed by atoms with van der Waals surface area (Å²) in [6, 6.07) is 6.28. The minimum atomic E-state index is -0.691. The average molecular weight is 445 g/mol. The van der Waals surface area contributed by atoms with Crippen LogP contribution < -0.4 is 11.1 Å². The number of nitrogens with zero attached hydrogens (tertiary/aromatic N) is 4. The lowest BCUT2D eigenvalue weighted by Gasteiger charge is -2.04. The molecule has 0 spiro atoms. The Morgan fingerprint density at radius 1 is 1.33 bits per heavy atom. The van der Waals surface area contributed by atoms with Gasteiger partial charge in [-0.2, -0.15) is 5.10 Å². The standard InChI is InChI=1S/C19H14ClFN6O2S/c1-9-14(7-10-3-2-4-12(20)15(10)21)30-19(25-9)26-18(29)13-5-6-23-17-11(16(22)28)8-24-27(13)17/h2-6,8H,7H2,1H3,(H2,22,28)(H,25,26,29). The van der Waals surface area contributed by atoms with E-state index in [0.717, 1.165) is 4.88 Å². The summed E-state index contributed by atoms with van der Waals surface area (Å²) < 4.78 is 15.4. The van der Waals surface area contributed by atoms with Gasteiger partial charge in [0.1, 0.15) is 17.1 Å². The number of carbonyl (C=O) groups is 2. The van der Waals surface area contributed by atoms with Crippen LogP contribution in [0.15, 0.2) is 36.7 Å². The number of carbonyl (C=O) groups excluding carboxylic acids is 2. The van der Waals surface area contributed by atoms with E-state index in [1.807, 2.05) is 0 Å². The number of hydrogen-bond acceptors (Lipinski definition) is 6. The van der Waals surface area contributed by atoms with E-state index in [0.29, 0.717) is 22.8 Å². The number of thiazole rings is 1. The fraction of sp³-hybridized carbons (Fsp3) is 0.105. The van der Waals surface area contributed by atoms with Crippen LogP contribution in [0.4, 0.5) is 9.52 Å². The van der Waals surface area contributed by atoms with Crippen molar-refractivity contribution in [3.05, 3.63) is 74.9 Å². The van der Waals surface area contributed by atoms with Crippen LogP contribution in [0.25, 0.3) is 5.65 Å². The molecule has 0 saturated heterocycles. The first kappa shape index (κ1) is 19.9. The molecule has 0 unspecified atom stereocenters. The highest BCUT2D eigenvalue weighted by Gasteiger charge is 2.19. The molecule has 0 aliphatic carbocycles. The van der Waals surface area contributed by atoms with E-state index in [-0.39, 0.29) is 21.9 Å². The van der Waals surface area contributed by atoms with Crippen LogP contribution in [-0.4, -0.2) is 31.4 Å². The predicted octanol–water partition coefficient (Wildman–Crippen LogP) is 3.23. The van der Waals surface area contributed by atoms with Gasteiger partial charge in [-0.05, 0) is 24.6 Å². The predicted molar refractivity (Wildman–Crippen MR) is 111 cm³/mol. The average Bonchev–Trinajstić information content (AvgIpc) is 3.28. The molecule has 3 heterocycles. The highest BCUT2D eigenvalue weighted by molar-refractivity contribution is 7.15. The number of rotatable bonds is 5. The SMILES string of the molecule is Cc1nc(NC(=O)c2ccnc3c(C(N)=O)cnn23)sc1Cc1cccc(Cl)c1F. The number of anilines is 1. The lowest BCUT2D eigenvalue weighted by molar-refractivity contribution is 0.0996. The zero-order chi connectivity index (χ0) is 21.4. The number of hydrogen-bond donors (Lipinski definition) is 2. The van der Waals surface area contributed by atoms with Crippen molar-refractivity contribution < 1.29 is 14.0 Å². The van der Waals surface area contributed by atoms with Crippen molar-refractivity contribution in [1.29, 1.82) is 0 Å². The second-order valence-electron chi connectivity index (χ2n) is 6.36. The maximum atomic E-state index is 14.2. The molecule has 0 fully saturated rings. The molecule has 0 saturated carbocycles. The lowest BCUT2D eigenvalue weighted by atomic mass is 10.1. The summed E-state index contributed by atoms with van der Waals surface area (Å²) >= 11 is 7.08. The Hall–Kier alpha value is -3.37. The molecule has 8 nitrogen and oxygen atoms in total. The van der Waals surface area contributed by atoms with Crippen LogP contribution in [0.2, 0.25) is 5.02 Å². The van der Waals surface area contributed by atoms with Gasteiger partial charge >= 0.3 is 0 Å². The van der Waals surface area contributed by atoms with Crippen molar-refractivity contribution in [2.45, 2.75) is 13.3 Å². The minimum Gasteiger partial charge on any atom is -0.365 e. The summed E-state index contributed by atoms with van der Waals surface area (Å²) in [4.78, 5) is 33.4. The molecule has 11 heteroatoms. The Bertz CT molecular complexity index is 1300.